The summed E-state index contributed by atoms with van der Waals surface area (Å²) in [4.78, 5) is 26.6. The maximum Gasteiger partial charge on any atom is 0.258 e. The molecule has 25 heavy (non-hydrogen) atoms. The number of benzene rings is 1. The van der Waals surface area contributed by atoms with Gasteiger partial charge in [-0.3, -0.25) is 9.59 Å². The standard InChI is InChI=1S/C18H26N2O5/c1-13(2)17(18(22)20-8-10-24-11-9-20)19-16(21)12-25-15-7-5-4-6-14(15)23-3/h4-7,13,17H,8-12H2,1-3H3,(H,19,21)/t17-/m1/s1. The van der Waals surface area contributed by atoms with Gasteiger partial charge in [-0.05, 0) is 18.1 Å². The molecule has 1 aliphatic heterocycles. The van der Waals surface area contributed by atoms with Crippen LogP contribution in [0.3, 0.4) is 0 Å². The van der Waals surface area contributed by atoms with Crippen molar-refractivity contribution in [3.63, 3.8) is 0 Å². The molecule has 138 valence electrons. The van der Waals surface area contributed by atoms with E-state index in [1.807, 2.05) is 19.9 Å². The van der Waals surface area contributed by atoms with Gasteiger partial charge < -0.3 is 24.4 Å². The van der Waals surface area contributed by atoms with Crippen LogP contribution in [0.5, 0.6) is 11.5 Å². The summed E-state index contributed by atoms with van der Waals surface area (Å²) in [6.07, 6.45) is 0. The Hall–Kier alpha value is -2.28. The molecule has 2 amide bonds. The lowest BCUT2D eigenvalue weighted by atomic mass is 10.0. The van der Waals surface area contributed by atoms with Crippen molar-refractivity contribution < 1.29 is 23.8 Å². The van der Waals surface area contributed by atoms with Gasteiger partial charge in [0.1, 0.15) is 6.04 Å². The number of rotatable bonds is 7. The third-order valence-electron chi connectivity index (χ3n) is 4.00. The molecule has 1 aliphatic rings. The van der Waals surface area contributed by atoms with Gasteiger partial charge in [-0.1, -0.05) is 26.0 Å². The average Bonchev–Trinajstić information content (AvgIpc) is 2.64. The zero-order valence-electron chi connectivity index (χ0n) is 15.0. The van der Waals surface area contributed by atoms with E-state index in [2.05, 4.69) is 5.32 Å². The first-order valence-corrected chi connectivity index (χ1v) is 8.44. The van der Waals surface area contributed by atoms with E-state index in [4.69, 9.17) is 14.2 Å². The molecule has 0 saturated carbocycles. The second kappa shape index (κ2) is 9.27. The van der Waals surface area contributed by atoms with E-state index >= 15 is 0 Å². The van der Waals surface area contributed by atoms with Crippen LogP contribution in [0, 0.1) is 5.92 Å². The monoisotopic (exact) mass is 350 g/mol. The van der Waals surface area contributed by atoms with Crippen LogP contribution >= 0.6 is 0 Å². The van der Waals surface area contributed by atoms with Crippen molar-refractivity contribution in [1.82, 2.24) is 10.2 Å². The number of carbonyl (C=O) groups is 2. The van der Waals surface area contributed by atoms with Crippen molar-refractivity contribution in [3.05, 3.63) is 24.3 Å². The van der Waals surface area contributed by atoms with E-state index in [1.54, 1.807) is 23.1 Å². The van der Waals surface area contributed by atoms with Crippen LogP contribution in [-0.2, 0) is 14.3 Å². The molecule has 0 radical (unpaired) electrons. The van der Waals surface area contributed by atoms with E-state index < -0.39 is 6.04 Å². The summed E-state index contributed by atoms with van der Waals surface area (Å²) in [5, 5.41) is 2.78. The number of hydrogen-bond donors (Lipinski definition) is 1. The Balaban J connectivity index is 1.92. The third kappa shape index (κ3) is 5.35. The molecule has 1 fully saturated rings. The van der Waals surface area contributed by atoms with Crippen LogP contribution in [-0.4, -0.2) is 62.8 Å². The fraction of sp³-hybridized carbons (Fsp3) is 0.556. The van der Waals surface area contributed by atoms with Crippen LogP contribution in [0.25, 0.3) is 0 Å². The molecule has 7 nitrogen and oxygen atoms in total. The van der Waals surface area contributed by atoms with E-state index in [9.17, 15) is 9.59 Å². The van der Waals surface area contributed by atoms with Gasteiger partial charge in [0.15, 0.2) is 18.1 Å². The van der Waals surface area contributed by atoms with Crippen molar-refractivity contribution in [1.29, 1.82) is 0 Å². The van der Waals surface area contributed by atoms with Gasteiger partial charge >= 0.3 is 0 Å². The molecule has 2 rings (SSSR count). The molecular weight excluding hydrogens is 324 g/mol. The molecule has 7 heteroatoms. The minimum absolute atomic E-state index is 0.0226. The SMILES string of the molecule is COc1ccccc1OCC(=O)N[C@@H](C(=O)N1CCOCC1)C(C)C. The van der Waals surface area contributed by atoms with Crippen LogP contribution in [0.2, 0.25) is 0 Å². The maximum absolute atomic E-state index is 12.6. The first kappa shape index (κ1) is 19.1. The van der Waals surface area contributed by atoms with Crippen molar-refractivity contribution in [2.24, 2.45) is 5.92 Å². The molecule has 0 unspecified atom stereocenters. The fourth-order valence-electron chi connectivity index (χ4n) is 2.59. The number of nitrogens with one attached hydrogen (secondary N) is 1. The Morgan fingerprint density at radius 1 is 1.20 bits per heavy atom. The maximum atomic E-state index is 12.6. The van der Waals surface area contributed by atoms with Crippen LogP contribution in [0.15, 0.2) is 24.3 Å². The normalized spacial score (nSPS) is 15.6. The first-order valence-electron chi connectivity index (χ1n) is 8.44. The summed E-state index contributed by atoms with van der Waals surface area (Å²) in [7, 11) is 1.54. The summed E-state index contributed by atoms with van der Waals surface area (Å²) in [5.74, 6) is 0.599. The summed E-state index contributed by atoms with van der Waals surface area (Å²) >= 11 is 0. The number of amides is 2. The van der Waals surface area contributed by atoms with Crippen molar-refractivity contribution in [3.8, 4) is 11.5 Å². The molecule has 0 aliphatic carbocycles. The Morgan fingerprint density at radius 3 is 2.44 bits per heavy atom. The van der Waals surface area contributed by atoms with E-state index in [-0.39, 0.29) is 24.3 Å². The number of methoxy groups -OCH3 is 1. The highest BCUT2D eigenvalue weighted by Crippen LogP contribution is 2.25. The minimum atomic E-state index is -0.577. The molecule has 1 N–H and O–H groups in total. The second-order valence-corrected chi connectivity index (χ2v) is 6.17. The van der Waals surface area contributed by atoms with Gasteiger partial charge in [-0.25, -0.2) is 0 Å². The van der Waals surface area contributed by atoms with Gasteiger partial charge in [0.25, 0.3) is 5.91 Å². The number of para-hydroxylation sites is 2. The van der Waals surface area contributed by atoms with Gasteiger partial charge in [0.2, 0.25) is 5.91 Å². The Bertz CT molecular complexity index is 585. The largest absolute Gasteiger partial charge is 0.493 e. The van der Waals surface area contributed by atoms with E-state index in [0.717, 1.165) is 0 Å². The number of morpholine rings is 1. The minimum Gasteiger partial charge on any atom is -0.493 e. The number of carbonyl (C=O) groups excluding carboxylic acids is 2. The van der Waals surface area contributed by atoms with Crippen LogP contribution in [0.4, 0.5) is 0 Å². The van der Waals surface area contributed by atoms with Crippen molar-refractivity contribution in [2.45, 2.75) is 19.9 Å². The molecule has 0 aromatic heterocycles. The molecular formula is C18H26N2O5. The van der Waals surface area contributed by atoms with Crippen molar-refractivity contribution >= 4 is 11.8 Å². The predicted molar refractivity (Wildman–Crippen MR) is 92.7 cm³/mol. The highest BCUT2D eigenvalue weighted by molar-refractivity contribution is 5.88. The molecule has 1 aromatic rings. The molecule has 1 aromatic carbocycles. The van der Waals surface area contributed by atoms with E-state index in [1.165, 1.54) is 7.11 Å². The highest BCUT2D eigenvalue weighted by Gasteiger charge is 2.29. The van der Waals surface area contributed by atoms with Gasteiger partial charge in [-0.15, -0.1) is 0 Å². The lowest BCUT2D eigenvalue weighted by molar-refractivity contribution is -0.141. The number of ether oxygens (including phenoxy) is 3. The lowest BCUT2D eigenvalue weighted by Crippen LogP contribution is -2.54. The van der Waals surface area contributed by atoms with Gasteiger partial charge in [0.05, 0.1) is 20.3 Å². The van der Waals surface area contributed by atoms with Crippen molar-refractivity contribution in [2.75, 3.05) is 40.0 Å². The van der Waals surface area contributed by atoms with Crippen LogP contribution in [0.1, 0.15) is 13.8 Å². The molecule has 1 saturated heterocycles. The highest BCUT2D eigenvalue weighted by atomic mass is 16.5. The smallest absolute Gasteiger partial charge is 0.258 e. The predicted octanol–water partition coefficient (Wildman–Crippen LogP) is 1.07. The number of hydrogen-bond acceptors (Lipinski definition) is 5. The molecule has 0 bridgehead atoms. The quantitative estimate of drug-likeness (QED) is 0.796. The fourth-order valence-corrected chi connectivity index (χ4v) is 2.59. The van der Waals surface area contributed by atoms with E-state index in [0.29, 0.717) is 37.8 Å². The zero-order valence-corrected chi connectivity index (χ0v) is 15.0. The second-order valence-electron chi connectivity index (χ2n) is 6.17. The topological polar surface area (TPSA) is 77.1 Å². The Kier molecular flexibility index (Phi) is 7.06. The molecule has 0 spiro atoms. The molecule has 1 heterocycles. The zero-order chi connectivity index (χ0) is 18.2. The summed E-state index contributed by atoms with van der Waals surface area (Å²) in [5.41, 5.74) is 0. The molecule has 1 atom stereocenters. The Labute approximate surface area is 148 Å². The van der Waals surface area contributed by atoms with Crippen LogP contribution < -0.4 is 14.8 Å². The third-order valence-corrected chi connectivity index (χ3v) is 4.00. The lowest BCUT2D eigenvalue weighted by Gasteiger charge is -2.32. The summed E-state index contributed by atoms with van der Waals surface area (Å²) < 4.78 is 16.0. The average molecular weight is 350 g/mol. The first-order chi connectivity index (χ1) is 12.0. The summed E-state index contributed by atoms with van der Waals surface area (Å²) in [6, 6.07) is 6.53. The Morgan fingerprint density at radius 2 is 1.84 bits per heavy atom. The van der Waals surface area contributed by atoms with Gasteiger partial charge in [-0.2, -0.15) is 0 Å². The number of nitrogens with zero attached hydrogens (tertiary/aromatic N) is 1. The van der Waals surface area contributed by atoms with Gasteiger partial charge in [0, 0.05) is 13.1 Å². The summed E-state index contributed by atoms with van der Waals surface area (Å²) in [6.45, 7) is 5.79.